The van der Waals surface area contributed by atoms with Crippen molar-refractivity contribution in [2.24, 2.45) is 0 Å². The largest absolute Gasteiger partial charge is 0.406 e. The fourth-order valence-corrected chi connectivity index (χ4v) is 4.83. The van der Waals surface area contributed by atoms with Crippen LogP contribution in [0.2, 0.25) is 0 Å². The van der Waals surface area contributed by atoms with Crippen LogP contribution in [0.1, 0.15) is 16.8 Å². The number of para-hydroxylation sites is 1. The molecule has 0 N–H and O–H groups in total. The molecule has 0 bridgehead atoms. The zero-order chi connectivity index (χ0) is 23.5. The van der Waals surface area contributed by atoms with Gasteiger partial charge in [0, 0.05) is 4.90 Å². The molecule has 34 heavy (non-hydrogen) atoms. The fraction of sp³-hybridized carbons (Fsp3) is 0.103. The van der Waals surface area contributed by atoms with Gasteiger partial charge >= 0.3 is 5.97 Å². The SMILES string of the molecule is Cc1ccc(Sc2c(C)nn(-c3ccccc3)c2OC(=O)Cc2cccc3ccccc23)cc1. The third kappa shape index (κ3) is 4.61. The summed E-state index contributed by atoms with van der Waals surface area (Å²) in [7, 11) is 0. The van der Waals surface area contributed by atoms with Gasteiger partial charge in [-0.25, -0.2) is 0 Å². The molecule has 1 aromatic heterocycles. The molecule has 1 heterocycles. The van der Waals surface area contributed by atoms with Crippen molar-refractivity contribution in [2.75, 3.05) is 0 Å². The van der Waals surface area contributed by atoms with Crippen LogP contribution in [-0.4, -0.2) is 15.7 Å². The number of benzene rings is 4. The summed E-state index contributed by atoms with van der Waals surface area (Å²) in [5, 5.41) is 6.89. The van der Waals surface area contributed by atoms with E-state index < -0.39 is 0 Å². The van der Waals surface area contributed by atoms with E-state index in [9.17, 15) is 4.79 Å². The average molecular weight is 465 g/mol. The second kappa shape index (κ2) is 9.57. The molecule has 0 atom stereocenters. The highest BCUT2D eigenvalue weighted by molar-refractivity contribution is 7.99. The third-order valence-corrected chi connectivity index (χ3v) is 6.81. The molecule has 0 radical (unpaired) electrons. The molecule has 4 nitrogen and oxygen atoms in total. The molecule has 5 heteroatoms. The van der Waals surface area contributed by atoms with Gasteiger partial charge in [0.25, 0.3) is 0 Å². The summed E-state index contributed by atoms with van der Waals surface area (Å²) in [5.74, 6) is 0.124. The lowest BCUT2D eigenvalue weighted by molar-refractivity contribution is -0.134. The van der Waals surface area contributed by atoms with Crippen LogP contribution in [0, 0.1) is 13.8 Å². The molecule has 4 aromatic carbocycles. The Labute approximate surface area is 203 Å². The summed E-state index contributed by atoms with van der Waals surface area (Å²) < 4.78 is 7.76. The van der Waals surface area contributed by atoms with Crippen LogP contribution in [0.25, 0.3) is 16.5 Å². The van der Waals surface area contributed by atoms with Crippen LogP contribution < -0.4 is 4.74 Å². The van der Waals surface area contributed by atoms with Gasteiger partial charge in [-0.2, -0.15) is 9.78 Å². The lowest BCUT2D eigenvalue weighted by Gasteiger charge is -2.11. The maximum Gasteiger partial charge on any atom is 0.317 e. The van der Waals surface area contributed by atoms with Crippen LogP contribution in [0.15, 0.2) is 107 Å². The molecule has 0 fully saturated rings. The molecule has 0 aliphatic carbocycles. The van der Waals surface area contributed by atoms with E-state index in [4.69, 9.17) is 9.84 Å². The Bertz CT molecular complexity index is 1450. The van der Waals surface area contributed by atoms with Crippen LogP contribution in [0.3, 0.4) is 0 Å². The second-order valence-corrected chi connectivity index (χ2v) is 9.26. The van der Waals surface area contributed by atoms with Gasteiger partial charge in [-0.1, -0.05) is 90.1 Å². The number of hydrogen-bond acceptors (Lipinski definition) is 4. The van der Waals surface area contributed by atoms with E-state index >= 15 is 0 Å². The number of aryl methyl sites for hydroxylation is 2. The molecule has 168 valence electrons. The zero-order valence-electron chi connectivity index (χ0n) is 19.1. The minimum absolute atomic E-state index is 0.176. The van der Waals surface area contributed by atoms with E-state index in [-0.39, 0.29) is 12.4 Å². The van der Waals surface area contributed by atoms with Crippen molar-refractivity contribution < 1.29 is 9.53 Å². The number of ether oxygens (including phenoxy) is 1. The van der Waals surface area contributed by atoms with Crippen molar-refractivity contribution in [1.82, 2.24) is 9.78 Å². The van der Waals surface area contributed by atoms with Crippen molar-refractivity contribution in [3.8, 4) is 11.6 Å². The number of hydrogen-bond donors (Lipinski definition) is 0. The Balaban J connectivity index is 1.50. The topological polar surface area (TPSA) is 44.1 Å². The number of fused-ring (bicyclic) bond motifs is 1. The Morgan fingerprint density at radius 2 is 1.56 bits per heavy atom. The highest BCUT2D eigenvalue weighted by Crippen LogP contribution is 2.39. The lowest BCUT2D eigenvalue weighted by atomic mass is 10.0. The van der Waals surface area contributed by atoms with Gasteiger partial charge in [-0.15, -0.1) is 0 Å². The van der Waals surface area contributed by atoms with Crippen molar-refractivity contribution in [3.05, 3.63) is 114 Å². The van der Waals surface area contributed by atoms with Crippen molar-refractivity contribution in [3.63, 3.8) is 0 Å². The summed E-state index contributed by atoms with van der Waals surface area (Å²) in [5.41, 5.74) is 3.79. The van der Waals surface area contributed by atoms with Gasteiger partial charge in [0.1, 0.15) is 0 Å². The van der Waals surface area contributed by atoms with Crippen molar-refractivity contribution >= 4 is 28.5 Å². The smallest absolute Gasteiger partial charge is 0.317 e. The van der Waals surface area contributed by atoms with Gasteiger partial charge in [0.2, 0.25) is 5.88 Å². The Hall–Kier alpha value is -3.83. The molecular formula is C29H24N2O2S. The molecule has 0 amide bonds. The van der Waals surface area contributed by atoms with Gasteiger partial charge in [-0.05, 0) is 54.4 Å². The number of carbonyl (C=O) groups is 1. The fourth-order valence-electron chi connectivity index (χ4n) is 3.91. The number of esters is 1. The lowest BCUT2D eigenvalue weighted by Crippen LogP contribution is -2.14. The van der Waals surface area contributed by atoms with E-state index in [2.05, 4.69) is 31.2 Å². The predicted molar refractivity (Wildman–Crippen MR) is 137 cm³/mol. The molecule has 0 saturated heterocycles. The normalized spacial score (nSPS) is 11.0. The molecule has 5 rings (SSSR count). The maximum atomic E-state index is 13.2. The van der Waals surface area contributed by atoms with Gasteiger partial charge in [0.05, 0.1) is 22.7 Å². The Morgan fingerprint density at radius 3 is 2.35 bits per heavy atom. The van der Waals surface area contributed by atoms with E-state index in [1.54, 1.807) is 16.4 Å². The summed E-state index contributed by atoms with van der Waals surface area (Å²) in [6.45, 7) is 4.01. The number of nitrogens with zero attached hydrogens (tertiary/aromatic N) is 2. The van der Waals surface area contributed by atoms with Crippen LogP contribution >= 0.6 is 11.8 Å². The first kappa shape index (κ1) is 22.0. The minimum atomic E-state index is -0.320. The molecule has 0 saturated carbocycles. The Morgan fingerprint density at radius 1 is 0.853 bits per heavy atom. The minimum Gasteiger partial charge on any atom is -0.406 e. The first-order chi connectivity index (χ1) is 16.6. The number of rotatable bonds is 6. The molecule has 0 spiro atoms. The van der Waals surface area contributed by atoms with E-state index in [1.807, 2.05) is 79.7 Å². The first-order valence-corrected chi connectivity index (χ1v) is 12.0. The van der Waals surface area contributed by atoms with Crippen LogP contribution in [0.4, 0.5) is 0 Å². The van der Waals surface area contributed by atoms with E-state index in [1.165, 1.54) is 5.56 Å². The van der Waals surface area contributed by atoms with Gasteiger partial charge in [-0.3, -0.25) is 4.79 Å². The predicted octanol–water partition coefficient (Wildman–Crippen LogP) is 6.94. The molecular weight excluding hydrogens is 440 g/mol. The third-order valence-electron chi connectivity index (χ3n) is 5.63. The first-order valence-electron chi connectivity index (χ1n) is 11.2. The standard InChI is InChI=1S/C29H24N2O2S/c1-20-15-17-25(18-16-20)34-28-21(2)30-31(24-12-4-3-5-13-24)29(28)33-27(32)19-23-11-8-10-22-9-6-7-14-26(22)23/h3-18H,19H2,1-2H3. The highest BCUT2D eigenvalue weighted by Gasteiger charge is 2.22. The van der Waals surface area contributed by atoms with Crippen molar-refractivity contribution in [1.29, 1.82) is 0 Å². The summed E-state index contributed by atoms with van der Waals surface area (Å²) in [6, 6.07) is 32.1. The quantitative estimate of drug-likeness (QED) is 0.255. The molecule has 0 aliphatic heterocycles. The summed E-state index contributed by atoms with van der Waals surface area (Å²) >= 11 is 1.56. The molecule has 0 aliphatic rings. The Kier molecular flexibility index (Phi) is 6.19. The molecule has 0 unspecified atom stereocenters. The second-order valence-electron chi connectivity index (χ2n) is 8.17. The van der Waals surface area contributed by atoms with Gasteiger partial charge in [0.15, 0.2) is 0 Å². The summed E-state index contributed by atoms with van der Waals surface area (Å²) in [6.07, 6.45) is 0.176. The number of aromatic nitrogens is 2. The number of carbonyl (C=O) groups excluding carboxylic acids is 1. The zero-order valence-corrected chi connectivity index (χ0v) is 19.9. The van der Waals surface area contributed by atoms with Crippen LogP contribution in [-0.2, 0) is 11.2 Å². The average Bonchev–Trinajstić information content (AvgIpc) is 3.16. The molecule has 5 aromatic rings. The van der Waals surface area contributed by atoms with E-state index in [0.717, 1.165) is 37.5 Å². The van der Waals surface area contributed by atoms with Gasteiger partial charge < -0.3 is 4.74 Å². The van der Waals surface area contributed by atoms with E-state index in [0.29, 0.717) is 5.88 Å². The highest BCUT2D eigenvalue weighted by atomic mass is 32.2. The van der Waals surface area contributed by atoms with Crippen LogP contribution in [0.5, 0.6) is 5.88 Å². The summed E-state index contributed by atoms with van der Waals surface area (Å²) in [4.78, 5) is 15.1. The maximum absolute atomic E-state index is 13.2. The van der Waals surface area contributed by atoms with Crippen molar-refractivity contribution in [2.45, 2.75) is 30.1 Å². The monoisotopic (exact) mass is 464 g/mol.